The molecule has 1 N–H and O–H groups in total. The van der Waals surface area contributed by atoms with Gasteiger partial charge in [-0.05, 0) is 59.7 Å². The molecule has 1 aromatic carbocycles. The number of rotatable bonds is 2. The molecule has 1 rings (SSSR count). The van der Waals surface area contributed by atoms with E-state index in [1.165, 1.54) is 6.07 Å². The Labute approximate surface area is 125 Å². The standard InChI is InChI=1S/C15H22FNO3S/c1-14(2,3)17-13(18)11-9-10(7-8-12(11)16)21(19,20)15(4,5)6/h7-9H,1-6H3,(H,17,18). The van der Waals surface area contributed by atoms with Gasteiger partial charge in [0, 0.05) is 5.54 Å². The number of benzene rings is 1. The van der Waals surface area contributed by atoms with Crippen LogP contribution in [-0.2, 0) is 9.84 Å². The molecule has 0 aliphatic carbocycles. The van der Waals surface area contributed by atoms with Gasteiger partial charge in [0.2, 0.25) is 0 Å². The third kappa shape index (κ3) is 4.03. The minimum atomic E-state index is -3.64. The fraction of sp³-hybridized carbons (Fsp3) is 0.533. The monoisotopic (exact) mass is 315 g/mol. The van der Waals surface area contributed by atoms with E-state index in [4.69, 9.17) is 0 Å². The van der Waals surface area contributed by atoms with Crippen molar-refractivity contribution < 1.29 is 17.6 Å². The van der Waals surface area contributed by atoms with Gasteiger partial charge in [0.05, 0.1) is 15.2 Å². The van der Waals surface area contributed by atoms with Crippen molar-refractivity contribution in [3.63, 3.8) is 0 Å². The van der Waals surface area contributed by atoms with Crippen molar-refractivity contribution in [1.82, 2.24) is 5.32 Å². The molecule has 0 fully saturated rings. The van der Waals surface area contributed by atoms with Crippen LogP contribution in [0.1, 0.15) is 51.9 Å². The van der Waals surface area contributed by atoms with E-state index < -0.39 is 31.8 Å². The lowest BCUT2D eigenvalue weighted by molar-refractivity contribution is 0.0915. The van der Waals surface area contributed by atoms with E-state index in [-0.39, 0.29) is 10.5 Å². The van der Waals surface area contributed by atoms with E-state index >= 15 is 0 Å². The number of sulfone groups is 1. The molecule has 0 atom stereocenters. The third-order valence-electron chi connectivity index (χ3n) is 2.79. The van der Waals surface area contributed by atoms with Crippen LogP contribution in [-0.4, -0.2) is 24.6 Å². The normalized spacial score (nSPS) is 13.1. The smallest absolute Gasteiger partial charge is 0.254 e. The van der Waals surface area contributed by atoms with E-state index in [2.05, 4.69) is 5.32 Å². The highest BCUT2D eigenvalue weighted by Crippen LogP contribution is 2.26. The highest BCUT2D eigenvalue weighted by atomic mass is 32.2. The number of halogens is 1. The Balaban J connectivity index is 3.34. The van der Waals surface area contributed by atoms with Crippen LogP contribution in [0.4, 0.5) is 4.39 Å². The molecule has 0 aliphatic heterocycles. The minimum Gasteiger partial charge on any atom is -0.347 e. The Hall–Kier alpha value is -1.43. The topological polar surface area (TPSA) is 63.2 Å². The molecule has 1 aromatic rings. The van der Waals surface area contributed by atoms with Crippen molar-refractivity contribution in [2.45, 2.75) is 56.7 Å². The number of amides is 1. The molecule has 6 heteroatoms. The Bertz CT molecular complexity index is 652. The zero-order chi connectivity index (χ0) is 16.6. The Morgan fingerprint density at radius 2 is 1.62 bits per heavy atom. The first-order valence-electron chi connectivity index (χ1n) is 6.62. The van der Waals surface area contributed by atoms with Gasteiger partial charge in [-0.25, -0.2) is 12.8 Å². The van der Waals surface area contributed by atoms with Crippen molar-refractivity contribution in [2.24, 2.45) is 0 Å². The van der Waals surface area contributed by atoms with Crippen molar-refractivity contribution in [3.05, 3.63) is 29.6 Å². The minimum absolute atomic E-state index is 0.0598. The highest BCUT2D eigenvalue weighted by Gasteiger charge is 2.32. The summed E-state index contributed by atoms with van der Waals surface area (Å²) in [5.41, 5.74) is -0.808. The first-order valence-corrected chi connectivity index (χ1v) is 8.11. The van der Waals surface area contributed by atoms with Gasteiger partial charge in [-0.2, -0.15) is 0 Å². The van der Waals surface area contributed by atoms with Crippen LogP contribution >= 0.6 is 0 Å². The predicted molar refractivity (Wildman–Crippen MR) is 80.6 cm³/mol. The van der Waals surface area contributed by atoms with E-state index in [9.17, 15) is 17.6 Å². The van der Waals surface area contributed by atoms with E-state index in [1.54, 1.807) is 41.5 Å². The Morgan fingerprint density at radius 1 is 1.10 bits per heavy atom. The van der Waals surface area contributed by atoms with Crippen LogP contribution in [0, 0.1) is 5.82 Å². The number of carbonyl (C=O) groups excluding carboxylic acids is 1. The van der Waals surface area contributed by atoms with Gasteiger partial charge in [0.25, 0.3) is 5.91 Å². The fourth-order valence-electron chi connectivity index (χ4n) is 1.61. The van der Waals surface area contributed by atoms with E-state index in [1.807, 2.05) is 0 Å². The largest absolute Gasteiger partial charge is 0.347 e. The lowest BCUT2D eigenvalue weighted by atomic mass is 10.1. The van der Waals surface area contributed by atoms with Crippen LogP contribution in [0.2, 0.25) is 0 Å². The maximum atomic E-state index is 13.8. The average molecular weight is 315 g/mol. The van der Waals surface area contributed by atoms with Gasteiger partial charge in [-0.3, -0.25) is 4.79 Å². The summed E-state index contributed by atoms with van der Waals surface area (Å²) in [5.74, 6) is -1.38. The van der Waals surface area contributed by atoms with Crippen molar-refractivity contribution in [3.8, 4) is 0 Å². The molecule has 0 spiro atoms. The molecule has 0 unspecified atom stereocenters. The molecule has 21 heavy (non-hydrogen) atoms. The van der Waals surface area contributed by atoms with Gasteiger partial charge in [0.1, 0.15) is 5.82 Å². The molecule has 118 valence electrons. The Morgan fingerprint density at radius 3 is 2.05 bits per heavy atom. The summed E-state index contributed by atoms with van der Waals surface area (Å²) in [4.78, 5) is 12.0. The molecule has 0 aromatic heterocycles. The average Bonchev–Trinajstić information content (AvgIpc) is 2.25. The first-order chi connectivity index (χ1) is 9.25. The number of carbonyl (C=O) groups is 1. The van der Waals surface area contributed by atoms with Gasteiger partial charge in [0.15, 0.2) is 9.84 Å². The summed E-state index contributed by atoms with van der Waals surface area (Å²) in [6.45, 7) is 9.96. The fourth-order valence-corrected chi connectivity index (χ4v) is 2.83. The molecule has 4 nitrogen and oxygen atoms in total. The second-order valence-corrected chi connectivity index (χ2v) is 9.66. The highest BCUT2D eigenvalue weighted by molar-refractivity contribution is 7.92. The number of hydrogen-bond acceptors (Lipinski definition) is 3. The molecule has 1 amide bonds. The summed E-state index contributed by atoms with van der Waals surface area (Å²) in [7, 11) is -3.64. The van der Waals surface area contributed by atoms with Crippen molar-refractivity contribution >= 4 is 15.7 Å². The van der Waals surface area contributed by atoms with E-state index in [0.29, 0.717) is 0 Å². The molecule has 0 aliphatic rings. The van der Waals surface area contributed by atoms with Crippen molar-refractivity contribution in [2.75, 3.05) is 0 Å². The lowest BCUT2D eigenvalue weighted by Crippen LogP contribution is -2.41. The van der Waals surface area contributed by atoms with Gasteiger partial charge in [-0.1, -0.05) is 0 Å². The molecule has 0 bridgehead atoms. The van der Waals surface area contributed by atoms with Gasteiger partial charge < -0.3 is 5.32 Å². The lowest BCUT2D eigenvalue weighted by Gasteiger charge is -2.22. The van der Waals surface area contributed by atoms with Crippen LogP contribution in [0.5, 0.6) is 0 Å². The molecule has 0 saturated heterocycles. The Kier molecular flexibility index (Phi) is 4.53. The molecular weight excluding hydrogens is 293 g/mol. The number of hydrogen-bond donors (Lipinski definition) is 1. The molecular formula is C15H22FNO3S. The predicted octanol–water partition coefficient (Wildman–Crippen LogP) is 2.93. The van der Waals surface area contributed by atoms with Crippen LogP contribution in [0.15, 0.2) is 23.1 Å². The van der Waals surface area contributed by atoms with Gasteiger partial charge >= 0.3 is 0 Å². The number of nitrogens with one attached hydrogen (secondary N) is 1. The van der Waals surface area contributed by atoms with E-state index in [0.717, 1.165) is 12.1 Å². The van der Waals surface area contributed by atoms with Crippen LogP contribution in [0.3, 0.4) is 0 Å². The quantitative estimate of drug-likeness (QED) is 0.854. The SMILES string of the molecule is CC(C)(C)NC(=O)c1cc(S(=O)(=O)C(C)(C)C)ccc1F. The van der Waals surface area contributed by atoms with Crippen LogP contribution < -0.4 is 5.32 Å². The zero-order valence-corrected chi connectivity index (χ0v) is 14.1. The summed E-state index contributed by atoms with van der Waals surface area (Å²) in [5, 5.41) is 2.62. The van der Waals surface area contributed by atoms with Crippen molar-refractivity contribution in [1.29, 1.82) is 0 Å². The summed E-state index contributed by atoms with van der Waals surface area (Å²) in [6.07, 6.45) is 0. The maximum absolute atomic E-state index is 13.8. The third-order valence-corrected chi connectivity index (χ3v) is 5.27. The molecule has 0 radical (unpaired) electrons. The first kappa shape index (κ1) is 17.6. The second kappa shape index (κ2) is 5.40. The summed E-state index contributed by atoms with van der Waals surface area (Å²) < 4.78 is 37.5. The molecule has 0 heterocycles. The van der Waals surface area contributed by atoms with Crippen LogP contribution in [0.25, 0.3) is 0 Å². The summed E-state index contributed by atoms with van der Waals surface area (Å²) in [6, 6.07) is 3.29. The molecule has 0 saturated carbocycles. The zero-order valence-electron chi connectivity index (χ0n) is 13.2. The second-order valence-electron chi connectivity index (χ2n) is 6.96. The van der Waals surface area contributed by atoms with Gasteiger partial charge in [-0.15, -0.1) is 0 Å². The summed E-state index contributed by atoms with van der Waals surface area (Å²) >= 11 is 0. The maximum Gasteiger partial charge on any atom is 0.254 e.